The summed E-state index contributed by atoms with van der Waals surface area (Å²) in [7, 11) is 5.29. The number of aliphatic hydroxyl groups excluding tert-OH is 2. The van der Waals surface area contributed by atoms with Crippen molar-refractivity contribution in [1.82, 2.24) is 5.32 Å². The van der Waals surface area contributed by atoms with Crippen molar-refractivity contribution in [2.24, 2.45) is 17.6 Å². The molecule has 5 N–H and O–H groups in total. The number of ether oxygens (including phenoxy) is 5. The van der Waals surface area contributed by atoms with Crippen LogP contribution in [-0.4, -0.2) is 105 Å². The second-order valence-corrected chi connectivity index (χ2v) is 12.7. The molecule has 0 unspecified atom stereocenters. The highest BCUT2D eigenvalue weighted by atomic mass is 16.6. The molecule has 0 fully saturated rings. The number of amides is 2. The number of fused-ring (bicyclic) bond motifs is 2. The average Bonchev–Trinajstić information content (AvgIpc) is 3.03. The van der Waals surface area contributed by atoms with E-state index < -0.39 is 83.2 Å². The van der Waals surface area contributed by atoms with Crippen LogP contribution in [0.5, 0.6) is 0 Å². The molecule has 0 aromatic rings. The van der Waals surface area contributed by atoms with Gasteiger partial charge >= 0.3 is 6.09 Å². The molecule has 14 heteroatoms. The molecule has 1 heterocycles. The van der Waals surface area contributed by atoms with E-state index in [2.05, 4.69) is 5.32 Å². The number of carbonyl (C=O) groups excluding carboxylic acids is 5. The van der Waals surface area contributed by atoms with Gasteiger partial charge in [0.1, 0.15) is 6.10 Å². The van der Waals surface area contributed by atoms with Crippen molar-refractivity contribution in [3.05, 3.63) is 45.9 Å². The summed E-state index contributed by atoms with van der Waals surface area (Å²) in [6.07, 6.45) is -3.28. The van der Waals surface area contributed by atoms with Gasteiger partial charge in [-0.05, 0) is 57.9 Å². The van der Waals surface area contributed by atoms with Crippen LogP contribution >= 0.6 is 0 Å². The highest BCUT2D eigenvalue weighted by Gasteiger charge is 2.43. The van der Waals surface area contributed by atoms with Crippen molar-refractivity contribution < 1.29 is 57.9 Å². The summed E-state index contributed by atoms with van der Waals surface area (Å²) in [6, 6.07) is 0. The Kier molecular flexibility index (Phi) is 16.0. The maximum absolute atomic E-state index is 14.2. The first-order valence-electron chi connectivity index (χ1n) is 16.2. The van der Waals surface area contributed by atoms with E-state index in [-0.39, 0.29) is 54.9 Å². The number of carbonyl (C=O) groups is 5. The Labute approximate surface area is 287 Å². The van der Waals surface area contributed by atoms with E-state index in [0.29, 0.717) is 5.57 Å². The van der Waals surface area contributed by atoms with Gasteiger partial charge in [0.2, 0.25) is 11.6 Å². The van der Waals surface area contributed by atoms with Crippen molar-refractivity contribution in [3.8, 4) is 0 Å². The van der Waals surface area contributed by atoms with Crippen molar-refractivity contribution >= 4 is 29.4 Å². The van der Waals surface area contributed by atoms with Crippen LogP contribution in [0.4, 0.5) is 4.79 Å². The Bertz CT molecular complexity index is 1380. The van der Waals surface area contributed by atoms with Crippen LogP contribution in [0.2, 0.25) is 0 Å². The highest BCUT2D eigenvalue weighted by Crippen LogP contribution is 2.34. The minimum absolute atomic E-state index is 0.00559. The first-order chi connectivity index (χ1) is 23.0. The topological polar surface area (TPSA) is 210 Å². The highest BCUT2D eigenvalue weighted by molar-refractivity contribution is 6.27. The van der Waals surface area contributed by atoms with Crippen LogP contribution in [0.1, 0.15) is 66.7 Å². The molecule has 274 valence electrons. The molecular formula is C35H52N2O12. The molecular weight excluding hydrogens is 640 g/mol. The zero-order valence-corrected chi connectivity index (χ0v) is 29.9. The molecule has 49 heavy (non-hydrogen) atoms. The first kappa shape index (κ1) is 41.5. The number of ketones is 3. The third kappa shape index (κ3) is 10.6. The standard InChI is InChI=1S/C35H52N2O12/c1-17-13-22-29(41)27(26(30(42)32(22)47-8)33(48-9)23(39)16-21(5)38)37-34(43)18(2)11-10-12-24(45-6)31(49-35(36)44)20(4)15-19(3)28(40)25(14-17)46-7/h11,15,17,19,21,24-25,28,31,33,38,40H,10,12-14,16H2,1-9H3,(H2,36,44)(H,37,43)/b18-11+,20-15+/t17-,19+,21+,24-,25-,28-,31-,33-/m1/s1. The molecule has 8 atom stereocenters. The zero-order valence-electron chi connectivity index (χ0n) is 29.9. The maximum Gasteiger partial charge on any atom is 0.405 e. The number of aliphatic hydroxyl groups is 2. The monoisotopic (exact) mass is 692 g/mol. The van der Waals surface area contributed by atoms with Gasteiger partial charge in [0, 0.05) is 44.8 Å². The fraction of sp³-hybridized carbons (Fsp3) is 0.629. The summed E-state index contributed by atoms with van der Waals surface area (Å²) < 4.78 is 27.6. The van der Waals surface area contributed by atoms with Gasteiger partial charge < -0.3 is 44.9 Å². The van der Waals surface area contributed by atoms with Gasteiger partial charge in [0.05, 0.1) is 42.8 Å². The molecule has 0 spiro atoms. The number of nitrogens with one attached hydrogen (secondary N) is 1. The fourth-order valence-corrected chi connectivity index (χ4v) is 6.23. The van der Waals surface area contributed by atoms with Gasteiger partial charge in [0.25, 0.3) is 5.91 Å². The Balaban J connectivity index is 2.77. The Morgan fingerprint density at radius 3 is 2.20 bits per heavy atom. The molecule has 2 rings (SSSR count). The lowest BCUT2D eigenvalue weighted by Gasteiger charge is -2.31. The molecule has 1 aliphatic heterocycles. The van der Waals surface area contributed by atoms with E-state index in [1.165, 1.54) is 42.3 Å². The normalized spacial score (nSPS) is 30.1. The summed E-state index contributed by atoms with van der Waals surface area (Å²) in [4.78, 5) is 66.8. The van der Waals surface area contributed by atoms with Crippen LogP contribution in [0.25, 0.3) is 0 Å². The molecule has 0 aromatic carbocycles. The van der Waals surface area contributed by atoms with Gasteiger partial charge in [-0.15, -0.1) is 0 Å². The lowest BCUT2D eigenvalue weighted by Crippen LogP contribution is -2.42. The Hall–Kier alpha value is -3.69. The van der Waals surface area contributed by atoms with Crippen LogP contribution < -0.4 is 11.1 Å². The van der Waals surface area contributed by atoms with Gasteiger partial charge in [0.15, 0.2) is 17.6 Å². The molecule has 2 amide bonds. The second kappa shape index (κ2) is 18.9. The first-order valence-corrected chi connectivity index (χ1v) is 16.2. The summed E-state index contributed by atoms with van der Waals surface area (Å²) >= 11 is 0. The summed E-state index contributed by atoms with van der Waals surface area (Å²) in [5.74, 6) is -4.12. The van der Waals surface area contributed by atoms with Gasteiger partial charge in [-0.2, -0.15) is 0 Å². The molecule has 1 aliphatic carbocycles. The number of hydrogen-bond acceptors (Lipinski definition) is 12. The number of rotatable bonds is 9. The van der Waals surface area contributed by atoms with Crippen LogP contribution in [0, 0.1) is 11.8 Å². The Morgan fingerprint density at radius 1 is 1.04 bits per heavy atom. The number of Topliss-reactive ketones (excluding diaryl/α,β-unsaturated/α-hetero) is 3. The minimum atomic E-state index is -1.59. The Morgan fingerprint density at radius 2 is 1.67 bits per heavy atom. The summed E-state index contributed by atoms with van der Waals surface area (Å²) in [5.41, 5.74) is 5.28. The van der Waals surface area contributed by atoms with E-state index in [1.807, 2.05) is 0 Å². The summed E-state index contributed by atoms with van der Waals surface area (Å²) in [5, 5.41) is 23.8. The largest absolute Gasteiger partial charge is 0.492 e. The minimum Gasteiger partial charge on any atom is -0.492 e. The average molecular weight is 693 g/mol. The molecule has 0 saturated carbocycles. The third-order valence-electron chi connectivity index (χ3n) is 8.75. The molecule has 0 aromatic heterocycles. The van der Waals surface area contributed by atoms with Crippen molar-refractivity contribution in [1.29, 1.82) is 0 Å². The zero-order chi connectivity index (χ0) is 37.2. The van der Waals surface area contributed by atoms with Crippen LogP contribution in [0.15, 0.2) is 45.9 Å². The van der Waals surface area contributed by atoms with Crippen molar-refractivity contribution in [3.63, 3.8) is 0 Å². The van der Waals surface area contributed by atoms with E-state index in [9.17, 15) is 34.2 Å². The molecule has 2 bridgehead atoms. The predicted molar refractivity (Wildman–Crippen MR) is 178 cm³/mol. The number of primary amides is 1. The molecule has 14 nitrogen and oxygen atoms in total. The van der Waals surface area contributed by atoms with E-state index in [1.54, 1.807) is 32.9 Å². The van der Waals surface area contributed by atoms with Crippen molar-refractivity contribution in [2.45, 2.75) is 103 Å². The SMILES string of the molecule is COC1=C2C[C@@H](C)C[C@@H](OC)[C@H](O)[C@@H](C)/C=C(\C)[C@@H](OC(N)=O)[C@H](OC)CC/C=C(\C)C(=O)NC(=C([C@H](OC)C(=O)C[C@H](C)O)C1=O)C2=O. The van der Waals surface area contributed by atoms with Crippen LogP contribution in [0.3, 0.4) is 0 Å². The fourth-order valence-electron chi connectivity index (χ4n) is 6.23. The van der Waals surface area contributed by atoms with E-state index >= 15 is 0 Å². The lowest BCUT2D eigenvalue weighted by molar-refractivity contribution is -0.131. The second-order valence-electron chi connectivity index (χ2n) is 12.7. The van der Waals surface area contributed by atoms with Gasteiger partial charge in [-0.3, -0.25) is 19.2 Å². The van der Waals surface area contributed by atoms with E-state index in [4.69, 9.17) is 29.4 Å². The quantitative estimate of drug-likeness (QED) is 0.203. The molecule has 2 aliphatic rings. The number of hydrogen-bond donors (Lipinski definition) is 4. The van der Waals surface area contributed by atoms with Crippen molar-refractivity contribution in [2.75, 3.05) is 28.4 Å². The third-order valence-corrected chi connectivity index (χ3v) is 8.75. The molecule has 0 saturated heterocycles. The smallest absolute Gasteiger partial charge is 0.405 e. The van der Waals surface area contributed by atoms with Gasteiger partial charge in [-0.1, -0.05) is 26.0 Å². The van der Waals surface area contributed by atoms with E-state index in [0.717, 1.165) is 0 Å². The summed E-state index contributed by atoms with van der Waals surface area (Å²) in [6.45, 7) is 8.22. The number of nitrogens with two attached hydrogens (primary N) is 1. The lowest BCUT2D eigenvalue weighted by atomic mass is 9.82. The molecule has 0 radical (unpaired) electrons. The number of methoxy groups -OCH3 is 4. The predicted octanol–water partition coefficient (Wildman–Crippen LogP) is 2.36. The number of allylic oxidation sites excluding steroid dienone is 3. The maximum atomic E-state index is 14.2. The van der Waals surface area contributed by atoms with Crippen LogP contribution in [-0.2, 0) is 42.9 Å². The van der Waals surface area contributed by atoms with Gasteiger partial charge in [-0.25, -0.2) is 4.79 Å².